The third-order valence-electron chi connectivity index (χ3n) is 8.12. The van der Waals surface area contributed by atoms with Gasteiger partial charge in [-0.25, -0.2) is 4.39 Å². The fourth-order valence-electron chi connectivity index (χ4n) is 6.08. The molecule has 0 atom stereocenters. The number of halogens is 1. The lowest BCUT2D eigenvalue weighted by Gasteiger charge is -2.34. The van der Waals surface area contributed by atoms with Gasteiger partial charge in [-0.05, 0) is 91.2 Å². The van der Waals surface area contributed by atoms with Crippen LogP contribution in [-0.4, -0.2) is 37.0 Å². The van der Waals surface area contributed by atoms with Crippen molar-refractivity contribution < 1.29 is 9.18 Å². The topological polar surface area (TPSA) is 23.6 Å². The highest BCUT2D eigenvalue weighted by Gasteiger charge is 2.25. The lowest BCUT2D eigenvalue weighted by atomic mass is 9.86. The molecule has 0 unspecified atom stereocenters. The van der Waals surface area contributed by atoms with Crippen LogP contribution < -0.4 is 4.90 Å². The average Bonchev–Trinajstić information content (AvgIpc) is 2.90. The van der Waals surface area contributed by atoms with Crippen LogP contribution in [0, 0.1) is 11.7 Å². The maximum absolute atomic E-state index is 13.6. The summed E-state index contributed by atoms with van der Waals surface area (Å²) in [5, 5.41) is 2.70. The highest BCUT2D eigenvalue weighted by atomic mass is 19.1. The number of likely N-dealkylation sites (tertiary alicyclic amines) is 1. The molecule has 0 aromatic heterocycles. The lowest BCUT2D eigenvalue weighted by Crippen LogP contribution is -2.42. The number of hydrogen-bond acceptors (Lipinski definition) is 2. The summed E-state index contributed by atoms with van der Waals surface area (Å²) >= 11 is 0. The molecule has 1 saturated carbocycles. The number of piperidine rings is 1. The number of nitrogens with zero attached hydrogens (tertiary/aromatic N) is 2. The van der Waals surface area contributed by atoms with Crippen LogP contribution in [0.5, 0.6) is 0 Å². The summed E-state index contributed by atoms with van der Waals surface area (Å²) in [5.41, 5.74) is 2.29. The molecule has 0 radical (unpaired) electrons. The highest BCUT2D eigenvalue weighted by molar-refractivity contribution is 5.93. The third-order valence-corrected chi connectivity index (χ3v) is 8.12. The largest absolute Gasteiger partial charge is 0.311 e. The molecule has 1 aliphatic carbocycles. The normalized spacial score (nSPS) is 18.1. The summed E-state index contributed by atoms with van der Waals surface area (Å²) in [4.78, 5) is 17.7. The van der Waals surface area contributed by atoms with Gasteiger partial charge >= 0.3 is 0 Å². The van der Waals surface area contributed by atoms with Crippen LogP contribution in [-0.2, 0) is 4.79 Å². The summed E-state index contributed by atoms with van der Waals surface area (Å²) in [6, 6.07) is 21.8. The molecule has 2 fully saturated rings. The van der Waals surface area contributed by atoms with Gasteiger partial charge in [-0.1, -0.05) is 61.7 Å². The van der Waals surface area contributed by atoms with E-state index < -0.39 is 0 Å². The fourth-order valence-corrected chi connectivity index (χ4v) is 6.08. The Morgan fingerprint density at radius 2 is 1.57 bits per heavy atom. The second-order valence-electron chi connectivity index (χ2n) is 10.4. The first-order valence-corrected chi connectivity index (χ1v) is 13.4. The van der Waals surface area contributed by atoms with Crippen molar-refractivity contribution in [1.29, 1.82) is 0 Å². The Morgan fingerprint density at radius 1 is 0.857 bits per heavy atom. The Kier molecular flexibility index (Phi) is 7.78. The van der Waals surface area contributed by atoms with Gasteiger partial charge in [0.1, 0.15) is 5.82 Å². The quantitative estimate of drug-likeness (QED) is 0.364. The SMILES string of the molecule is O=C(CC1CCCCC1)N(CCN1CCC(c2cccc3ccccc23)CC1)c1ccc(F)cc1. The first-order chi connectivity index (χ1) is 17.2. The number of carbonyl (C=O) groups excluding carboxylic acids is 1. The molecule has 0 spiro atoms. The molecule has 35 heavy (non-hydrogen) atoms. The Bertz CT molecular complexity index is 1110. The fraction of sp³-hybridized carbons (Fsp3) is 0.452. The molecular weight excluding hydrogens is 435 g/mol. The van der Waals surface area contributed by atoms with Gasteiger partial charge in [0.05, 0.1) is 0 Å². The van der Waals surface area contributed by atoms with Gasteiger partial charge in [0.15, 0.2) is 0 Å². The van der Waals surface area contributed by atoms with Crippen molar-refractivity contribution in [2.45, 2.75) is 57.3 Å². The minimum atomic E-state index is -0.260. The number of anilines is 1. The zero-order valence-corrected chi connectivity index (χ0v) is 20.7. The van der Waals surface area contributed by atoms with Crippen molar-refractivity contribution >= 4 is 22.4 Å². The molecule has 184 valence electrons. The van der Waals surface area contributed by atoms with Crippen LogP contribution in [0.15, 0.2) is 66.7 Å². The van der Waals surface area contributed by atoms with E-state index in [1.54, 1.807) is 12.1 Å². The van der Waals surface area contributed by atoms with E-state index in [-0.39, 0.29) is 11.7 Å². The van der Waals surface area contributed by atoms with Gasteiger partial charge in [-0.15, -0.1) is 0 Å². The van der Waals surface area contributed by atoms with E-state index in [0.717, 1.165) is 51.0 Å². The second kappa shape index (κ2) is 11.3. The van der Waals surface area contributed by atoms with Gasteiger partial charge in [0.2, 0.25) is 5.91 Å². The molecule has 1 saturated heterocycles. The minimum absolute atomic E-state index is 0.189. The van der Waals surface area contributed by atoms with Gasteiger partial charge < -0.3 is 9.80 Å². The molecule has 0 N–H and O–H groups in total. The van der Waals surface area contributed by atoms with Crippen LogP contribution in [0.25, 0.3) is 10.8 Å². The molecule has 5 rings (SSSR count). The molecular formula is C31H37FN2O. The van der Waals surface area contributed by atoms with Crippen molar-refractivity contribution in [2.24, 2.45) is 5.92 Å². The first-order valence-electron chi connectivity index (χ1n) is 13.4. The van der Waals surface area contributed by atoms with Gasteiger partial charge in [-0.2, -0.15) is 0 Å². The van der Waals surface area contributed by atoms with E-state index in [0.29, 0.717) is 24.8 Å². The van der Waals surface area contributed by atoms with Gasteiger partial charge in [-0.3, -0.25) is 4.79 Å². The summed E-state index contributed by atoms with van der Waals surface area (Å²) in [7, 11) is 0. The number of rotatable bonds is 7. The van der Waals surface area contributed by atoms with E-state index in [1.165, 1.54) is 47.7 Å². The standard InChI is InChI=1S/C31H37FN2O/c32-27-13-15-28(16-14-27)34(31(35)23-24-7-2-1-3-8-24)22-21-33-19-17-26(18-20-33)30-12-6-10-25-9-4-5-11-29(25)30/h4-6,9-16,24,26H,1-3,7-8,17-23H2. The molecule has 1 amide bonds. The monoisotopic (exact) mass is 472 g/mol. The van der Waals surface area contributed by atoms with Crippen LogP contribution in [0.2, 0.25) is 0 Å². The molecule has 0 bridgehead atoms. The maximum atomic E-state index is 13.6. The van der Waals surface area contributed by atoms with Gasteiger partial charge in [0, 0.05) is 25.2 Å². The molecule has 3 nitrogen and oxygen atoms in total. The first kappa shape index (κ1) is 24.0. The molecule has 1 aliphatic heterocycles. The third kappa shape index (κ3) is 5.92. The summed E-state index contributed by atoms with van der Waals surface area (Å²) in [6.07, 6.45) is 8.97. The van der Waals surface area contributed by atoms with E-state index in [1.807, 2.05) is 4.90 Å². The zero-order chi connectivity index (χ0) is 24.0. The Morgan fingerprint density at radius 3 is 2.34 bits per heavy atom. The summed E-state index contributed by atoms with van der Waals surface area (Å²) in [6.45, 7) is 3.61. The van der Waals surface area contributed by atoms with Gasteiger partial charge in [0.25, 0.3) is 0 Å². The Labute approximate surface area is 208 Å². The number of benzene rings is 3. The maximum Gasteiger partial charge on any atom is 0.227 e. The summed E-state index contributed by atoms with van der Waals surface area (Å²) < 4.78 is 13.6. The number of carbonyl (C=O) groups is 1. The van der Waals surface area contributed by atoms with E-state index in [2.05, 4.69) is 47.4 Å². The smallest absolute Gasteiger partial charge is 0.227 e. The van der Waals surface area contributed by atoms with Crippen LogP contribution in [0.4, 0.5) is 10.1 Å². The van der Waals surface area contributed by atoms with E-state index >= 15 is 0 Å². The van der Waals surface area contributed by atoms with Crippen molar-refractivity contribution in [3.05, 3.63) is 78.1 Å². The lowest BCUT2D eigenvalue weighted by molar-refractivity contribution is -0.119. The van der Waals surface area contributed by atoms with Crippen LogP contribution in [0.3, 0.4) is 0 Å². The summed E-state index contributed by atoms with van der Waals surface area (Å²) in [5.74, 6) is 1.01. The van der Waals surface area contributed by atoms with Crippen molar-refractivity contribution in [3.63, 3.8) is 0 Å². The number of amides is 1. The van der Waals surface area contributed by atoms with Crippen molar-refractivity contribution in [2.75, 3.05) is 31.1 Å². The Balaban J connectivity index is 1.21. The Hall–Kier alpha value is -2.72. The van der Waals surface area contributed by atoms with Crippen LogP contribution >= 0.6 is 0 Å². The second-order valence-corrected chi connectivity index (χ2v) is 10.4. The number of hydrogen-bond donors (Lipinski definition) is 0. The van der Waals surface area contributed by atoms with E-state index in [9.17, 15) is 9.18 Å². The van der Waals surface area contributed by atoms with Crippen LogP contribution in [0.1, 0.15) is 62.8 Å². The molecule has 3 aromatic carbocycles. The zero-order valence-electron chi connectivity index (χ0n) is 20.7. The predicted octanol–water partition coefficient (Wildman–Crippen LogP) is 7.16. The number of fused-ring (bicyclic) bond motifs is 1. The molecule has 4 heteroatoms. The van der Waals surface area contributed by atoms with E-state index in [4.69, 9.17) is 0 Å². The average molecular weight is 473 g/mol. The molecule has 3 aromatic rings. The van der Waals surface area contributed by atoms with Crippen molar-refractivity contribution in [1.82, 2.24) is 4.90 Å². The van der Waals surface area contributed by atoms with Crippen molar-refractivity contribution in [3.8, 4) is 0 Å². The minimum Gasteiger partial charge on any atom is -0.311 e. The molecule has 2 aliphatic rings. The predicted molar refractivity (Wildman–Crippen MR) is 142 cm³/mol. The highest BCUT2D eigenvalue weighted by Crippen LogP contribution is 2.33. The molecule has 1 heterocycles.